The number of methoxy groups -OCH3 is 1. The summed E-state index contributed by atoms with van der Waals surface area (Å²) in [5.74, 6) is 0.358. The molecule has 0 aliphatic carbocycles. The van der Waals surface area contributed by atoms with Crippen LogP contribution in [-0.4, -0.2) is 13.1 Å². The molecule has 20 heavy (non-hydrogen) atoms. The lowest BCUT2D eigenvalue weighted by Crippen LogP contribution is -2.01. The van der Waals surface area contributed by atoms with Gasteiger partial charge in [-0.05, 0) is 47.1 Å². The normalized spacial score (nSPS) is 10.4. The standard InChI is InChI=1S/C14H13BrFNO3/c1-8-11(14(18)19-2)6-10(20-8)7-17-9-3-4-13(16)12(15)5-9/h3-6,17H,7H2,1-2H3. The maximum atomic E-state index is 13.1. The van der Waals surface area contributed by atoms with Crippen molar-refractivity contribution in [3.05, 3.63) is 51.6 Å². The zero-order valence-electron chi connectivity index (χ0n) is 11.0. The van der Waals surface area contributed by atoms with E-state index >= 15 is 0 Å². The molecule has 0 aliphatic rings. The number of hydrogen-bond donors (Lipinski definition) is 1. The summed E-state index contributed by atoms with van der Waals surface area (Å²) in [4.78, 5) is 11.5. The predicted octanol–water partition coefficient (Wildman–Crippen LogP) is 3.89. The summed E-state index contributed by atoms with van der Waals surface area (Å²) in [5, 5.41) is 3.08. The van der Waals surface area contributed by atoms with Crippen LogP contribution in [0.2, 0.25) is 0 Å². The van der Waals surface area contributed by atoms with E-state index in [1.807, 2.05) is 0 Å². The summed E-state index contributed by atoms with van der Waals surface area (Å²) >= 11 is 3.12. The molecule has 0 radical (unpaired) electrons. The van der Waals surface area contributed by atoms with E-state index in [0.29, 0.717) is 28.1 Å². The Morgan fingerprint density at radius 2 is 2.20 bits per heavy atom. The molecule has 4 nitrogen and oxygen atoms in total. The van der Waals surface area contributed by atoms with Gasteiger partial charge in [0.2, 0.25) is 0 Å². The van der Waals surface area contributed by atoms with Crippen LogP contribution in [0.5, 0.6) is 0 Å². The van der Waals surface area contributed by atoms with Gasteiger partial charge in [0.15, 0.2) is 0 Å². The first kappa shape index (κ1) is 14.6. The largest absolute Gasteiger partial charge is 0.465 e. The molecule has 1 heterocycles. The lowest BCUT2D eigenvalue weighted by Gasteiger charge is -2.05. The summed E-state index contributed by atoms with van der Waals surface area (Å²) in [6.45, 7) is 2.08. The Morgan fingerprint density at radius 1 is 1.45 bits per heavy atom. The Hall–Kier alpha value is -1.82. The average Bonchev–Trinajstić information content (AvgIpc) is 2.80. The number of hydrogen-bond acceptors (Lipinski definition) is 4. The lowest BCUT2D eigenvalue weighted by molar-refractivity contribution is 0.0599. The van der Waals surface area contributed by atoms with Crippen molar-refractivity contribution in [3.63, 3.8) is 0 Å². The highest BCUT2D eigenvalue weighted by Crippen LogP contribution is 2.21. The van der Waals surface area contributed by atoms with Crippen molar-refractivity contribution in [1.82, 2.24) is 0 Å². The molecule has 0 unspecified atom stereocenters. The van der Waals surface area contributed by atoms with E-state index in [0.717, 1.165) is 5.69 Å². The highest BCUT2D eigenvalue weighted by atomic mass is 79.9. The van der Waals surface area contributed by atoms with Gasteiger partial charge in [-0.15, -0.1) is 0 Å². The second-order valence-corrected chi connectivity index (χ2v) is 5.01. The van der Waals surface area contributed by atoms with Crippen LogP contribution >= 0.6 is 15.9 Å². The summed E-state index contributed by atoms with van der Waals surface area (Å²) in [6.07, 6.45) is 0. The minimum atomic E-state index is -0.429. The Morgan fingerprint density at radius 3 is 2.85 bits per heavy atom. The molecule has 1 aromatic heterocycles. The first-order valence-corrected chi connectivity index (χ1v) is 6.67. The number of nitrogens with one attached hydrogen (secondary N) is 1. The fourth-order valence-electron chi connectivity index (χ4n) is 1.74. The number of esters is 1. The third-order valence-electron chi connectivity index (χ3n) is 2.76. The van der Waals surface area contributed by atoms with Crippen LogP contribution in [0.25, 0.3) is 0 Å². The topological polar surface area (TPSA) is 51.5 Å². The smallest absolute Gasteiger partial charge is 0.341 e. The Labute approximate surface area is 124 Å². The molecule has 2 rings (SSSR count). The van der Waals surface area contributed by atoms with Gasteiger partial charge in [0, 0.05) is 5.69 Å². The molecule has 0 spiro atoms. The van der Waals surface area contributed by atoms with Gasteiger partial charge >= 0.3 is 5.97 Å². The van der Waals surface area contributed by atoms with Gasteiger partial charge in [-0.3, -0.25) is 0 Å². The molecule has 106 valence electrons. The molecule has 0 aliphatic heterocycles. The summed E-state index contributed by atoms with van der Waals surface area (Å²) in [7, 11) is 1.32. The number of carbonyl (C=O) groups is 1. The summed E-state index contributed by atoms with van der Waals surface area (Å²) in [6, 6.07) is 6.25. The van der Waals surface area contributed by atoms with Gasteiger partial charge in [0.05, 0.1) is 18.1 Å². The number of furan rings is 1. The minimum absolute atomic E-state index is 0.322. The number of rotatable bonds is 4. The highest BCUT2D eigenvalue weighted by Gasteiger charge is 2.15. The highest BCUT2D eigenvalue weighted by molar-refractivity contribution is 9.10. The van der Waals surface area contributed by atoms with Gasteiger partial charge < -0.3 is 14.5 Å². The molecule has 0 saturated heterocycles. The molecule has 0 amide bonds. The minimum Gasteiger partial charge on any atom is -0.465 e. The monoisotopic (exact) mass is 341 g/mol. The van der Waals surface area contributed by atoms with Crippen molar-refractivity contribution in [3.8, 4) is 0 Å². The van der Waals surface area contributed by atoms with Crippen molar-refractivity contribution in [1.29, 1.82) is 0 Å². The second kappa shape index (κ2) is 6.09. The number of ether oxygens (including phenoxy) is 1. The SMILES string of the molecule is COC(=O)c1cc(CNc2ccc(F)c(Br)c2)oc1C. The molecular formula is C14H13BrFNO3. The fourth-order valence-corrected chi connectivity index (χ4v) is 2.12. The van der Waals surface area contributed by atoms with Gasteiger partial charge in [-0.1, -0.05) is 0 Å². The molecule has 0 saturated carbocycles. The molecule has 0 fully saturated rings. The first-order chi connectivity index (χ1) is 9.51. The predicted molar refractivity (Wildman–Crippen MR) is 76.2 cm³/mol. The van der Waals surface area contributed by atoms with E-state index in [2.05, 4.69) is 26.0 Å². The summed E-state index contributed by atoms with van der Waals surface area (Å²) in [5.41, 5.74) is 1.15. The van der Waals surface area contributed by atoms with Crippen molar-refractivity contribution >= 4 is 27.6 Å². The van der Waals surface area contributed by atoms with Gasteiger partial charge in [0.1, 0.15) is 22.9 Å². The Bertz CT molecular complexity index is 639. The summed E-state index contributed by atoms with van der Waals surface area (Å²) < 4.78 is 23.6. The number of benzene rings is 1. The number of aryl methyl sites for hydroxylation is 1. The quantitative estimate of drug-likeness (QED) is 0.857. The van der Waals surface area contributed by atoms with Crippen LogP contribution in [0, 0.1) is 12.7 Å². The van der Waals surface area contributed by atoms with Crippen LogP contribution in [-0.2, 0) is 11.3 Å². The van der Waals surface area contributed by atoms with Gasteiger partial charge in [-0.2, -0.15) is 0 Å². The molecular weight excluding hydrogens is 329 g/mol. The van der Waals surface area contributed by atoms with E-state index in [9.17, 15) is 9.18 Å². The van der Waals surface area contributed by atoms with Crippen LogP contribution in [0.15, 0.2) is 33.2 Å². The van der Waals surface area contributed by atoms with Crippen LogP contribution < -0.4 is 5.32 Å². The zero-order valence-corrected chi connectivity index (χ0v) is 12.6. The maximum Gasteiger partial charge on any atom is 0.341 e. The van der Waals surface area contributed by atoms with Crippen LogP contribution in [0.3, 0.4) is 0 Å². The third-order valence-corrected chi connectivity index (χ3v) is 3.37. The van der Waals surface area contributed by atoms with E-state index < -0.39 is 5.97 Å². The van der Waals surface area contributed by atoms with Crippen LogP contribution in [0.4, 0.5) is 10.1 Å². The Balaban J connectivity index is 2.07. The molecule has 1 aromatic carbocycles. The van der Waals surface area contributed by atoms with E-state index in [4.69, 9.17) is 4.42 Å². The maximum absolute atomic E-state index is 13.1. The number of carbonyl (C=O) groups excluding carboxylic acids is 1. The van der Waals surface area contributed by atoms with Crippen molar-refractivity contribution in [2.75, 3.05) is 12.4 Å². The first-order valence-electron chi connectivity index (χ1n) is 5.88. The Kier molecular flexibility index (Phi) is 4.44. The third kappa shape index (κ3) is 3.19. The van der Waals surface area contributed by atoms with E-state index in [1.54, 1.807) is 25.1 Å². The average molecular weight is 342 g/mol. The number of anilines is 1. The van der Waals surface area contributed by atoms with Crippen LogP contribution in [0.1, 0.15) is 21.9 Å². The molecule has 2 aromatic rings. The van der Waals surface area contributed by atoms with E-state index in [-0.39, 0.29) is 5.82 Å². The van der Waals surface area contributed by atoms with Gasteiger partial charge in [-0.25, -0.2) is 9.18 Å². The van der Waals surface area contributed by atoms with Crippen molar-refractivity contribution in [2.45, 2.75) is 13.5 Å². The van der Waals surface area contributed by atoms with Crippen molar-refractivity contribution < 1.29 is 18.3 Å². The second-order valence-electron chi connectivity index (χ2n) is 4.16. The zero-order chi connectivity index (χ0) is 14.7. The lowest BCUT2D eigenvalue weighted by atomic mass is 10.2. The molecule has 0 bridgehead atoms. The van der Waals surface area contributed by atoms with Crippen molar-refractivity contribution in [2.24, 2.45) is 0 Å². The fraction of sp³-hybridized carbons (Fsp3) is 0.214. The van der Waals surface area contributed by atoms with E-state index in [1.165, 1.54) is 13.2 Å². The molecule has 1 N–H and O–H groups in total. The number of halogens is 2. The van der Waals surface area contributed by atoms with Gasteiger partial charge in [0.25, 0.3) is 0 Å². The molecule has 0 atom stereocenters. The molecule has 6 heteroatoms.